The van der Waals surface area contributed by atoms with Crippen molar-refractivity contribution in [3.05, 3.63) is 0 Å². The molecule has 3 unspecified atom stereocenters. The Labute approximate surface area is 104 Å². The predicted molar refractivity (Wildman–Crippen MR) is 67.6 cm³/mol. The van der Waals surface area contributed by atoms with Crippen molar-refractivity contribution >= 4 is 11.6 Å². The van der Waals surface area contributed by atoms with Crippen molar-refractivity contribution in [2.75, 3.05) is 0 Å². The lowest BCUT2D eigenvalue weighted by molar-refractivity contribution is -0.143. The number of hydrogen-bond donors (Lipinski definition) is 0. The molecule has 0 amide bonds. The summed E-state index contributed by atoms with van der Waals surface area (Å²) < 4.78 is 0. The molecule has 0 radical (unpaired) electrons. The fourth-order valence-corrected chi connectivity index (χ4v) is 3.82. The van der Waals surface area contributed by atoms with Gasteiger partial charge in [0, 0.05) is 24.7 Å². The highest BCUT2D eigenvalue weighted by atomic mass is 16.1. The summed E-state index contributed by atoms with van der Waals surface area (Å²) in [6.07, 6.45) is 4.42. The fourth-order valence-electron chi connectivity index (χ4n) is 3.82. The van der Waals surface area contributed by atoms with E-state index < -0.39 is 0 Å². The average molecular weight is 236 g/mol. The zero-order valence-corrected chi connectivity index (χ0v) is 11.5. The SMILES string of the molecule is CC1CC(=O)C(C2(C)CCCC2(C)C)CC1=O. The molecule has 0 bridgehead atoms. The summed E-state index contributed by atoms with van der Waals surface area (Å²) in [5.74, 6) is 0.545. The van der Waals surface area contributed by atoms with Crippen LogP contribution in [0.1, 0.15) is 59.8 Å². The van der Waals surface area contributed by atoms with Crippen molar-refractivity contribution in [3.63, 3.8) is 0 Å². The van der Waals surface area contributed by atoms with Gasteiger partial charge in [-0.25, -0.2) is 0 Å². The van der Waals surface area contributed by atoms with E-state index in [2.05, 4.69) is 20.8 Å². The van der Waals surface area contributed by atoms with Gasteiger partial charge in [0.05, 0.1) is 0 Å². The third-order valence-corrected chi connectivity index (χ3v) is 5.66. The highest BCUT2D eigenvalue weighted by Crippen LogP contribution is 2.58. The van der Waals surface area contributed by atoms with Crippen LogP contribution in [0.15, 0.2) is 0 Å². The third-order valence-electron chi connectivity index (χ3n) is 5.66. The van der Waals surface area contributed by atoms with Gasteiger partial charge in [-0.2, -0.15) is 0 Å². The van der Waals surface area contributed by atoms with Crippen molar-refractivity contribution < 1.29 is 9.59 Å². The van der Waals surface area contributed by atoms with Crippen LogP contribution in [0.2, 0.25) is 0 Å². The lowest BCUT2D eigenvalue weighted by atomic mass is 9.57. The molecule has 96 valence electrons. The smallest absolute Gasteiger partial charge is 0.137 e. The lowest BCUT2D eigenvalue weighted by Crippen LogP contribution is -2.45. The van der Waals surface area contributed by atoms with E-state index in [4.69, 9.17) is 0 Å². The molecule has 0 aromatic heterocycles. The van der Waals surface area contributed by atoms with Gasteiger partial charge in [-0.1, -0.05) is 34.1 Å². The van der Waals surface area contributed by atoms with E-state index in [0.29, 0.717) is 24.4 Å². The number of rotatable bonds is 1. The number of ketones is 2. The Bertz CT molecular complexity index is 356. The molecule has 0 spiro atoms. The van der Waals surface area contributed by atoms with Crippen LogP contribution < -0.4 is 0 Å². The van der Waals surface area contributed by atoms with E-state index in [0.717, 1.165) is 6.42 Å². The maximum absolute atomic E-state index is 12.3. The number of carbonyl (C=O) groups excluding carboxylic acids is 2. The Morgan fingerprint density at radius 3 is 2.18 bits per heavy atom. The molecule has 2 fully saturated rings. The first-order valence-electron chi connectivity index (χ1n) is 6.83. The molecule has 2 saturated carbocycles. The largest absolute Gasteiger partial charge is 0.299 e. The predicted octanol–water partition coefficient (Wildman–Crippen LogP) is 3.39. The summed E-state index contributed by atoms with van der Waals surface area (Å²) in [6.45, 7) is 8.63. The molecule has 0 heterocycles. The van der Waals surface area contributed by atoms with Crippen molar-refractivity contribution in [3.8, 4) is 0 Å². The van der Waals surface area contributed by atoms with E-state index in [-0.39, 0.29) is 22.7 Å². The number of hydrogen-bond acceptors (Lipinski definition) is 2. The molecule has 17 heavy (non-hydrogen) atoms. The van der Waals surface area contributed by atoms with E-state index in [1.54, 1.807) is 0 Å². The number of Topliss-reactive ketones (excluding diaryl/α,β-unsaturated/α-hetero) is 2. The molecule has 2 aliphatic rings. The van der Waals surface area contributed by atoms with Crippen LogP contribution in [0.3, 0.4) is 0 Å². The Morgan fingerprint density at radius 2 is 1.65 bits per heavy atom. The van der Waals surface area contributed by atoms with Gasteiger partial charge in [0.25, 0.3) is 0 Å². The molecular formula is C15H24O2. The Morgan fingerprint density at radius 1 is 1.00 bits per heavy atom. The maximum atomic E-state index is 12.3. The van der Waals surface area contributed by atoms with Gasteiger partial charge in [0.15, 0.2) is 0 Å². The quantitative estimate of drug-likeness (QED) is 0.699. The lowest BCUT2D eigenvalue weighted by Gasteiger charge is -2.45. The summed E-state index contributed by atoms with van der Waals surface area (Å²) >= 11 is 0. The van der Waals surface area contributed by atoms with Crippen LogP contribution in [0.25, 0.3) is 0 Å². The van der Waals surface area contributed by atoms with Crippen molar-refractivity contribution in [1.82, 2.24) is 0 Å². The summed E-state index contributed by atoms with van der Waals surface area (Å²) in [5.41, 5.74) is 0.216. The zero-order valence-electron chi connectivity index (χ0n) is 11.5. The standard InChI is InChI=1S/C15H24O2/c1-10-8-13(17)11(9-12(10)16)15(4)7-5-6-14(15,2)3/h10-11H,5-9H2,1-4H3. The zero-order chi connectivity index (χ0) is 12.8. The van der Waals surface area contributed by atoms with Crippen LogP contribution in [-0.2, 0) is 9.59 Å². The van der Waals surface area contributed by atoms with Gasteiger partial charge >= 0.3 is 0 Å². The Kier molecular flexibility index (Phi) is 2.95. The van der Waals surface area contributed by atoms with Crippen LogP contribution in [0.5, 0.6) is 0 Å². The summed E-state index contributed by atoms with van der Waals surface area (Å²) in [4.78, 5) is 24.2. The van der Waals surface area contributed by atoms with Crippen molar-refractivity contribution in [1.29, 1.82) is 0 Å². The van der Waals surface area contributed by atoms with E-state index in [9.17, 15) is 9.59 Å². The minimum atomic E-state index is -0.0492. The molecule has 2 rings (SSSR count). The van der Waals surface area contributed by atoms with Gasteiger partial charge in [-0.05, 0) is 23.7 Å². The summed E-state index contributed by atoms with van der Waals surface area (Å²) in [7, 11) is 0. The second-order valence-corrected chi connectivity index (χ2v) is 6.95. The molecule has 0 N–H and O–H groups in total. The minimum absolute atomic E-state index is 0.0244. The first kappa shape index (κ1) is 12.8. The van der Waals surface area contributed by atoms with Gasteiger partial charge in [-0.15, -0.1) is 0 Å². The van der Waals surface area contributed by atoms with Gasteiger partial charge in [0.1, 0.15) is 11.6 Å². The second-order valence-electron chi connectivity index (χ2n) is 6.95. The van der Waals surface area contributed by atoms with Gasteiger partial charge in [-0.3, -0.25) is 9.59 Å². The third kappa shape index (κ3) is 1.86. The molecule has 2 nitrogen and oxygen atoms in total. The minimum Gasteiger partial charge on any atom is -0.299 e. The van der Waals surface area contributed by atoms with Gasteiger partial charge in [0.2, 0.25) is 0 Å². The second kappa shape index (κ2) is 3.93. The maximum Gasteiger partial charge on any atom is 0.137 e. The van der Waals surface area contributed by atoms with Crippen molar-refractivity contribution in [2.45, 2.75) is 59.8 Å². The molecule has 0 saturated heterocycles. The molecule has 0 aromatic carbocycles. The molecule has 0 aromatic rings. The van der Waals surface area contributed by atoms with E-state index in [1.807, 2.05) is 6.92 Å². The van der Waals surface area contributed by atoms with Crippen LogP contribution in [0, 0.1) is 22.7 Å². The van der Waals surface area contributed by atoms with E-state index >= 15 is 0 Å². The molecule has 3 atom stereocenters. The average Bonchev–Trinajstić information content (AvgIpc) is 2.48. The Hall–Kier alpha value is -0.660. The molecular weight excluding hydrogens is 212 g/mol. The fraction of sp³-hybridized carbons (Fsp3) is 0.867. The van der Waals surface area contributed by atoms with Crippen LogP contribution >= 0.6 is 0 Å². The van der Waals surface area contributed by atoms with Gasteiger partial charge < -0.3 is 0 Å². The van der Waals surface area contributed by atoms with Crippen LogP contribution in [0.4, 0.5) is 0 Å². The first-order valence-corrected chi connectivity index (χ1v) is 6.83. The molecule has 0 aliphatic heterocycles. The monoisotopic (exact) mass is 236 g/mol. The first-order chi connectivity index (χ1) is 7.78. The van der Waals surface area contributed by atoms with Crippen LogP contribution in [-0.4, -0.2) is 11.6 Å². The molecule has 2 aliphatic carbocycles. The summed E-state index contributed by atoms with van der Waals surface area (Å²) in [5, 5.41) is 0. The highest BCUT2D eigenvalue weighted by molar-refractivity contribution is 5.96. The van der Waals surface area contributed by atoms with E-state index in [1.165, 1.54) is 12.8 Å². The number of carbonyl (C=O) groups is 2. The topological polar surface area (TPSA) is 34.1 Å². The molecule has 2 heteroatoms. The summed E-state index contributed by atoms with van der Waals surface area (Å²) in [6, 6.07) is 0. The highest BCUT2D eigenvalue weighted by Gasteiger charge is 2.53. The Balaban J connectivity index is 2.28. The van der Waals surface area contributed by atoms with Crippen molar-refractivity contribution in [2.24, 2.45) is 22.7 Å². The normalized spacial score (nSPS) is 41.9.